The summed E-state index contributed by atoms with van der Waals surface area (Å²) in [6.07, 6.45) is -5.01. The Hall–Kier alpha value is -7.86. The van der Waals surface area contributed by atoms with E-state index >= 15 is 0 Å². The number of aliphatic carboxylic acids is 2. The van der Waals surface area contributed by atoms with E-state index in [1.165, 1.54) is 24.3 Å². The van der Waals surface area contributed by atoms with Gasteiger partial charge in [-0.05, 0) is 133 Å². The Labute approximate surface area is 539 Å². The van der Waals surface area contributed by atoms with E-state index in [2.05, 4.69) is 10.6 Å². The molecule has 87 heavy (non-hydrogen) atoms. The number of carbonyl (C=O) groups excluding carboxylic acids is 2. The Morgan fingerprint density at radius 1 is 0.471 bits per heavy atom. The number of halogens is 2. The maximum Gasteiger partial charge on any atom is 2.00 e. The van der Waals surface area contributed by atoms with Crippen LogP contribution in [-0.2, 0) is 22.7 Å². The van der Waals surface area contributed by atoms with Gasteiger partial charge in [0.2, 0.25) is 0 Å². The molecule has 8 N–H and O–H groups in total. The first-order valence-electron chi connectivity index (χ1n) is 27.9. The molecule has 6 aromatic carbocycles. The van der Waals surface area contributed by atoms with E-state index < -0.39 is 54.3 Å². The van der Waals surface area contributed by atoms with Crippen molar-refractivity contribution in [1.29, 1.82) is 0 Å². The average Bonchev–Trinajstić information content (AvgIpc) is 1.69. The second kappa shape index (κ2) is 33.9. The number of nitrogens with zero attached hydrogens (tertiary/aromatic N) is 3. The van der Waals surface area contributed by atoms with Gasteiger partial charge in [-0.25, -0.2) is 8.78 Å². The van der Waals surface area contributed by atoms with E-state index in [0.29, 0.717) is 56.1 Å². The van der Waals surface area contributed by atoms with Gasteiger partial charge in [-0.15, -0.1) is 0 Å². The molecular weight excluding hydrogens is 1200 g/mol. The summed E-state index contributed by atoms with van der Waals surface area (Å²) in [5.41, 5.74) is 9.55. The monoisotopic (exact) mass is 1270 g/mol. The molecule has 0 unspecified atom stereocenters. The molecule has 0 aliphatic heterocycles. The summed E-state index contributed by atoms with van der Waals surface area (Å²) in [6.45, 7) is 8.50. The van der Waals surface area contributed by atoms with Crippen LogP contribution in [0.2, 0.25) is 0 Å². The molecule has 8 rings (SSSR count). The molecule has 18 nitrogen and oxygen atoms in total. The molecule has 0 radical (unpaired) electrons. The van der Waals surface area contributed by atoms with Crippen LogP contribution >= 0.6 is 0 Å². The topological polar surface area (TPSA) is 290 Å². The van der Waals surface area contributed by atoms with Crippen LogP contribution in [0.1, 0.15) is 110 Å². The van der Waals surface area contributed by atoms with Crippen LogP contribution in [0.4, 0.5) is 20.2 Å². The molecule has 8 aromatic rings. The van der Waals surface area contributed by atoms with Gasteiger partial charge in [-0.3, -0.25) is 19.2 Å². The number of rotatable bonds is 24. The van der Waals surface area contributed by atoms with Crippen LogP contribution in [-0.4, -0.2) is 139 Å². The van der Waals surface area contributed by atoms with Gasteiger partial charge in [0, 0.05) is 47.0 Å². The van der Waals surface area contributed by atoms with Crippen LogP contribution in [0.15, 0.2) is 170 Å². The third kappa shape index (κ3) is 20.1. The average molecular weight is 1270 g/mol. The number of carboxylic acids is 2. The van der Waals surface area contributed by atoms with Crippen molar-refractivity contribution in [3.05, 3.63) is 219 Å². The third-order valence-corrected chi connectivity index (χ3v) is 13.9. The van der Waals surface area contributed by atoms with Crippen molar-refractivity contribution in [2.75, 3.05) is 10.6 Å². The van der Waals surface area contributed by atoms with Gasteiger partial charge in [-0.2, -0.15) is 0 Å². The van der Waals surface area contributed by atoms with E-state index in [4.69, 9.17) is 25.5 Å². The predicted octanol–water partition coefficient (Wildman–Crippen LogP) is 12.0. The Morgan fingerprint density at radius 2 is 0.759 bits per heavy atom. The first-order chi connectivity index (χ1) is 41.0. The number of benzene rings is 6. The van der Waals surface area contributed by atoms with Crippen LogP contribution in [0.3, 0.4) is 0 Å². The Morgan fingerprint density at radius 3 is 1.03 bits per heavy atom. The fraction of sp³-hybridized carbons (Fsp3) is 0.273. The van der Waals surface area contributed by atoms with Gasteiger partial charge in [0.05, 0.1) is 64.9 Å². The normalized spacial score (nSPS) is 12.3. The van der Waals surface area contributed by atoms with Gasteiger partial charge in [0.15, 0.2) is 0 Å². The zero-order valence-corrected chi connectivity index (χ0v) is 52.1. The molecule has 0 saturated heterocycles. The Balaban J connectivity index is 0.000000296. The number of aliphatic hydroxyl groups is 4. The van der Waals surface area contributed by atoms with Crippen LogP contribution < -0.4 is 10.6 Å². The smallest absolute Gasteiger partial charge is 0.481 e. The summed E-state index contributed by atoms with van der Waals surface area (Å²) in [5, 5.41) is 80.3. The summed E-state index contributed by atoms with van der Waals surface area (Å²) in [6, 6.07) is 49.6. The predicted molar refractivity (Wildman–Crippen MR) is 331 cm³/mol. The second-order valence-electron chi connectivity index (χ2n) is 21.0. The number of nitrogens with one attached hydrogen (secondary N) is 2. The van der Waals surface area contributed by atoms with E-state index in [-0.39, 0.29) is 120 Å². The molecule has 0 bridgehead atoms. The molecule has 0 spiro atoms. The van der Waals surface area contributed by atoms with Gasteiger partial charge in [0.1, 0.15) is 11.6 Å². The van der Waals surface area contributed by atoms with Gasteiger partial charge >= 0.3 is 57.4 Å². The van der Waals surface area contributed by atoms with Crippen LogP contribution in [0.5, 0.6) is 0 Å². The molecule has 4 atom stereocenters. The van der Waals surface area contributed by atoms with Crippen molar-refractivity contribution >= 4 is 80.6 Å². The number of para-hydroxylation sites is 2. The summed E-state index contributed by atoms with van der Waals surface area (Å²) in [4.78, 5) is 58.3. The van der Waals surface area contributed by atoms with Gasteiger partial charge < -0.3 is 65.7 Å². The largest absolute Gasteiger partial charge is 2.00 e. The zero-order chi connectivity index (χ0) is 62.6. The summed E-state index contributed by atoms with van der Waals surface area (Å²) < 4.78 is 32.0. The molecule has 452 valence electrons. The number of carboxylic acid groups (broad SMARTS) is 2. The van der Waals surface area contributed by atoms with Crippen molar-refractivity contribution < 1.29 is 63.7 Å². The van der Waals surface area contributed by atoms with Crippen molar-refractivity contribution in [3.8, 4) is 44.8 Å². The maximum absolute atomic E-state index is 14.0. The number of hydrogen-bond acceptors (Lipinski definition) is 11. The number of anilines is 2. The summed E-state index contributed by atoms with van der Waals surface area (Å²) in [7, 11) is 0. The molecule has 21 heteroatoms. The molecule has 0 aliphatic carbocycles. The third-order valence-electron chi connectivity index (χ3n) is 13.9. The molecule has 0 saturated carbocycles. The molecule has 0 aliphatic rings. The van der Waals surface area contributed by atoms with E-state index in [9.17, 15) is 48.4 Å². The minimum atomic E-state index is -1.75. The molecule has 2 amide bonds. The number of aliphatic hydroxyl groups excluding tert-OH is 4. The number of amides is 2. The van der Waals surface area contributed by atoms with E-state index in [1.807, 2.05) is 158 Å². The fourth-order valence-corrected chi connectivity index (χ4v) is 10.4. The van der Waals surface area contributed by atoms with E-state index in [1.54, 1.807) is 24.3 Å². The van der Waals surface area contributed by atoms with Crippen molar-refractivity contribution in [1.82, 2.24) is 9.13 Å². The minimum Gasteiger partial charge on any atom is -0.481 e. The standard InChI is InChI=1S/2C33H35FN2O5.NO3.Sr/c2*1-21(2)31-30(33(41)35-25-11-7-4-8-12-25)29(22-9-5-3-6-10-22)32(23-13-15-24(34)16-14-23)36(31)18-17-26(37)19-27(38)20-28(39)40;2-1(3)4;/h2*3-16,21,26-27,37-38H,17-20H2,1-2H3,(H,35,41)(H,39,40);;/q;;-1;+2/t2*26-,27-;;/m11../s1. The first kappa shape index (κ1) is 69.9. The fourth-order valence-electron chi connectivity index (χ4n) is 10.4. The van der Waals surface area contributed by atoms with Crippen molar-refractivity contribution in [3.63, 3.8) is 0 Å². The van der Waals surface area contributed by atoms with Gasteiger partial charge in [0.25, 0.3) is 11.8 Å². The Kier molecular flexibility index (Phi) is 27.2. The van der Waals surface area contributed by atoms with Crippen molar-refractivity contribution in [2.45, 2.75) is 116 Å². The first-order valence-corrected chi connectivity index (χ1v) is 27.9. The van der Waals surface area contributed by atoms with E-state index in [0.717, 1.165) is 22.5 Å². The zero-order valence-electron chi connectivity index (χ0n) is 48.6. The minimum absolute atomic E-state index is 0. The number of aromatic nitrogens is 2. The Bertz CT molecular complexity index is 3290. The second-order valence-corrected chi connectivity index (χ2v) is 21.0. The van der Waals surface area contributed by atoms with Crippen LogP contribution in [0.25, 0.3) is 44.8 Å². The quantitative estimate of drug-likeness (QED) is 0.0159. The molecular formula is C66H70F2N5O13Sr+. The molecule has 0 fully saturated rings. The SMILES string of the molecule is CC(C)c1c(C(=O)Nc2ccccc2)c(-c2ccccc2)c(-c2ccc(F)cc2)n1CC[C@@H](O)C[C@@H](O)CC(=O)O.CC(C)c1c(C(=O)Nc2ccccc2)c(-c2ccccc2)c(-c2ccc(F)cc2)n1CC[C@@H](O)C[C@@H](O)CC(=O)O.O=[N+]([O-])[O-].[Sr+2]. The summed E-state index contributed by atoms with van der Waals surface area (Å²) >= 11 is 0. The summed E-state index contributed by atoms with van der Waals surface area (Å²) in [5.74, 6) is -3.87. The van der Waals surface area contributed by atoms with Crippen molar-refractivity contribution in [2.24, 2.45) is 0 Å². The number of hydrogen-bond donors (Lipinski definition) is 8. The molecule has 2 aromatic heterocycles. The maximum atomic E-state index is 14.0. The van der Waals surface area contributed by atoms with Crippen LogP contribution in [0, 0.1) is 27.0 Å². The molecule has 2 heterocycles. The van der Waals surface area contributed by atoms with Gasteiger partial charge in [-0.1, -0.05) is 125 Å². The number of carbonyl (C=O) groups is 4.